The first-order valence-electron chi connectivity index (χ1n) is 12.3. The van der Waals surface area contributed by atoms with Gasteiger partial charge in [-0.2, -0.15) is 5.26 Å². The first-order valence-corrected chi connectivity index (χ1v) is 14.5. The van der Waals surface area contributed by atoms with Gasteiger partial charge in [0.05, 0.1) is 23.3 Å². The molecule has 1 unspecified atom stereocenters. The maximum atomic E-state index is 12.4. The van der Waals surface area contributed by atoms with Gasteiger partial charge in [0.1, 0.15) is 41.0 Å². The Morgan fingerprint density at radius 2 is 1.92 bits per heavy atom. The molecule has 3 aromatic heterocycles. The molecule has 1 aliphatic heterocycles. The summed E-state index contributed by atoms with van der Waals surface area (Å²) in [5.41, 5.74) is 2.92. The number of aryl methyl sites for hydroxylation is 1. The van der Waals surface area contributed by atoms with Crippen molar-refractivity contribution >= 4 is 61.5 Å². The van der Waals surface area contributed by atoms with Gasteiger partial charge in [0.25, 0.3) is 0 Å². The highest BCUT2D eigenvalue weighted by Crippen LogP contribution is 2.37. The number of anilines is 5. The molecule has 2 N–H and O–H groups in total. The van der Waals surface area contributed by atoms with Gasteiger partial charge in [-0.15, -0.1) is 0 Å². The molecule has 4 heterocycles. The molecule has 39 heavy (non-hydrogen) atoms. The Balaban J connectivity index is 1.65. The standard InChI is InChI=1S/C26H27ClN8O3S/c1-16-29-25-20(31-19-11-10-17(27)13-21(19)34(2)39(3,36)37)14-23(32-22-8-6-7-18(15-28)30-22)33-26(25)35(16)24-9-4-5-12-38-24/h6-8,10-11,13-14,24H,4-5,9,12H2,1-3H3,(H2,30,31,32,33). The summed E-state index contributed by atoms with van der Waals surface area (Å²) in [5.74, 6) is 1.64. The molecule has 1 aromatic carbocycles. The lowest BCUT2D eigenvalue weighted by Gasteiger charge is -2.25. The van der Waals surface area contributed by atoms with Crippen LogP contribution in [0.15, 0.2) is 42.5 Å². The summed E-state index contributed by atoms with van der Waals surface area (Å²) in [4.78, 5) is 14.0. The summed E-state index contributed by atoms with van der Waals surface area (Å²) in [6.07, 6.45) is 3.79. The molecular formula is C26H27ClN8O3S. The zero-order valence-corrected chi connectivity index (χ0v) is 23.2. The number of nitriles is 1. The van der Waals surface area contributed by atoms with Gasteiger partial charge in [-0.05, 0) is 56.5 Å². The second-order valence-electron chi connectivity index (χ2n) is 9.24. The van der Waals surface area contributed by atoms with Crippen LogP contribution in [0.25, 0.3) is 11.2 Å². The van der Waals surface area contributed by atoms with Crippen LogP contribution in [-0.4, -0.2) is 47.8 Å². The molecule has 1 fully saturated rings. The molecular weight excluding hydrogens is 540 g/mol. The molecule has 0 radical (unpaired) electrons. The molecule has 1 saturated heterocycles. The van der Waals surface area contributed by atoms with Crippen LogP contribution in [0.3, 0.4) is 0 Å². The second kappa shape index (κ2) is 10.7. The summed E-state index contributed by atoms with van der Waals surface area (Å²) in [6.45, 7) is 2.56. The van der Waals surface area contributed by atoms with Gasteiger partial charge in [-0.25, -0.2) is 23.4 Å². The number of hydrogen-bond acceptors (Lipinski definition) is 9. The van der Waals surface area contributed by atoms with Crippen LogP contribution < -0.4 is 14.9 Å². The van der Waals surface area contributed by atoms with Crippen LogP contribution in [0, 0.1) is 18.3 Å². The number of hydrogen-bond donors (Lipinski definition) is 2. The minimum atomic E-state index is -3.56. The largest absolute Gasteiger partial charge is 0.358 e. The number of ether oxygens (including phenoxy) is 1. The summed E-state index contributed by atoms with van der Waals surface area (Å²) >= 11 is 6.23. The Kier molecular flexibility index (Phi) is 7.31. The van der Waals surface area contributed by atoms with Gasteiger partial charge in [0, 0.05) is 24.7 Å². The van der Waals surface area contributed by atoms with Gasteiger partial charge in [-0.1, -0.05) is 17.7 Å². The Labute approximate surface area is 231 Å². The number of pyridine rings is 2. The molecule has 1 aliphatic rings. The Morgan fingerprint density at radius 1 is 1.10 bits per heavy atom. The highest BCUT2D eigenvalue weighted by atomic mass is 35.5. The van der Waals surface area contributed by atoms with Crippen molar-refractivity contribution in [3.63, 3.8) is 0 Å². The van der Waals surface area contributed by atoms with Crippen LogP contribution in [-0.2, 0) is 14.8 Å². The quantitative estimate of drug-likeness (QED) is 0.307. The van der Waals surface area contributed by atoms with Gasteiger partial charge in [0.2, 0.25) is 10.0 Å². The maximum absolute atomic E-state index is 12.4. The summed E-state index contributed by atoms with van der Waals surface area (Å²) in [7, 11) is -2.10. The molecule has 0 amide bonds. The second-order valence-corrected chi connectivity index (χ2v) is 11.7. The van der Waals surface area contributed by atoms with E-state index in [9.17, 15) is 13.7 Å². The summed E-state index contributed by atoms with van der Waals surface area (Å²) in [5, 5.41) is 16.2. The van der Waals surface area contributed by atoms with E-state index >= 15 is 0 Å². The average Bonchev–Trinajstić information content (AvgIpc) is 3.25. The van der Waals surface area contributed by atoms with Gasteiger partial charge in [-0.3, -0.25) is 8.87 Å². The third kappa shape index (κ3) is 5.61. The number of nitrogens with one attached hydrogen (secondary N) is 2. The Hall–Kier alpha value is -3.92. The Morgan fingerprint density at radius 3 is 2.64 bits per heavy atom. The number of aromatic nitrogens is 4. The molecule has 202 valence electrons. The van der Waals surface area contributed by atoms with E-state index in [1.807, 2.05) is 17.6 Å². The highest BCUT2D eigenvalue weighted by molar-refractivity contribution is 7.92. The summed E-state index contributed by atoms with van der Waals surface area (Å²) < 4.78 is 33.9. The molecule has 4 aromatic rings. The number of rotatable bonds is 7. The molecule has 0 saturated carbocycles. The fraction of sp³-hybridized carbons (Fsp3) is 0.308. The molecule has 1 atom stereocenters. The van der Waals surface area contributed by atoms with Crippen molar-refractivity contribution in [2.75, 3.05) is 34.8 Å². The van der Waals surface area contributed by atoms with Crippen molar-refractivity contribution in [3.05, 3.63) is 59.0 Å². The van der Waals surface area contributed by atoms with E-state index in [2.05, 4.69) is 15.6 Å². The SMILES string of the molecule is Cc1nc2c(Nc3ccc(Cl)cc3N(C)S(C)(=O)=O)cc(Nc3cccc(C#N)n3)nc2n1C1CCCCO1. The number of fused-ring (bicyclic) bond motifs is 1. The molecule has 5 rings (SSSR count). The van der Waals surface area contributed by atoms with Crippen molar-refractivity contribution in [1.82, 2.24) is 19.5 Å². The molecule has 11 nitrogen and oxygen atoms in total. The topological polar surface area (TPSA) is 138 Å². The predicted octanol–water partition coefficient (Wildman–Crippen LogP) is 5.24. The molecule has 13 heteroatoms. The van der Waals surface area contributed by atoms with E-state index in [0.717, 1.165) is 35.6 Å². The van der Waals surface area contributed by atoms with E-state index in [-0.39, 0.29) is 11.9 Å². The maximum Gasteiger partial charge on any atom is 0.232 e. The van der Waals surface area contributed by atoms with Crippen LogP contribution in [0.5, 0.6) is 0 Å². The smallest absolute Gasteiger partial charge is 0.232 e. The lowest BCUT2D eigenvalue weighted by molar-refractivity contribution is -0.0308. The predicted molar refractivity (Wildman–Crippen MR) is 151 cm³/mol. The van der Waals surface area contributed by atoms with E-state index in [4.69, 9.17) is 26.3 Å². The van der Waals surface area contributed by atoms with Gasteiger partial charge < -0.3 is 15.4 Å². The Bertz CT molecular complexity index is 1690. The zero-order chi connectivity index (χ0) is 27.7. The number of benzene rings is 1. The van der Waals surface area contributed by atoms with Crippen molar-refractivity contribution in [1.29, 1.82) is 5.26 Å². The van der Waals surface area contributed by atoms with Crippen LogP contribution in [0.4, 0.5) is 28.7 Å². The molecule has 0 bridgehead atoms. The van der Waals surface area contributed by atoms with E-state index < -0.39 is 10.0 Å². The van der Waals surface area contributed by atoms with Crippen LogP contribution in [0.2, 0.25) is 5.02 Å². The van der Waals surface area contributed by atoms with Crippen molar-refractivity contribution in [2.24, 2.45) is 0 Å². The third-order valence-electron chi connectivity index (χ3n) is 6.45. The monoisotopic (exact) mass is 566 g/mol. The summed E-state index contributed by atoms with van der Waals surface area (Å²) in [6, 6.07) is 13.9. The lowest BCUT2D eigenvalue weighted by atomic mass is 10.2. The average molecular weight is 567 g/mol. The first-order chi connectivity index (χ1) is 18.6. The van der Waals surface area contributed by atoms with Gasteiger partial charge >= 0.3 is 0 Å². The fourth-order valence-corrected chi connectivity index (χ4v) is 5.17. The van der Waals surface area contributed by atoms with E-state index in [0.29, 0.717) is 51.5 Å². The zero-order valence-electron chi connectivity index (χ0n) is 21.6. The minimum absolute atomic E-state index is 0.207. The lowest BCUT2D eigenvalue weighted by Crippen LogP contribution is -2.25. The van der Waals surface area contributed by atoms with Crippen molar-refractivity contribution in [2.45, 2.75) is 32.4 Å². The van der Waals surface area contributed by atoms with E-state index in [1.165, 1.54) is 7.05 Å². The normalized spacial score (nSPS) is 15.6. The minimum Gasteiger partial charge on any atom is -0.358 e. The molecule has 0 spiro atoms. The third-order valence-corrected chi connectivity index (χ3v) is 7.88. The van der Waals surface area contributed by atoms with Crippen molar-refractivity contribution in [3.8, 4) is 6.07 Å². The first kappa shape index (κ1) is 26.7. The number of sulfonamides is 1. The van der Waals surface area contributed by atoms with E-state index in [1.54, 1.807) is 42.5 Å². The number of imidazole rings is 1. The fourth-order valence-electron chi connectivity index (χ4n) is 4.50. The van der Waals surface area contributed by atoms with Crippen molar-refractivity contribution < 1.29 is 13.2 Å². The number of halogens is 1. The van der Waals surface area contributed by atoms with Crippen LogP contribution >= 0.6 is 11.6 Å². The highest BCUT2D eigenvalue weighted by Gasteiger charge is 2.24. The molecule has 0 aliphatic carbocycles. The van der Waals surface area contributed by atoms with Gasteiger partial charge in [0.15, 0.2) is 5.65 Å². The number of nitrogens with zero attached hydrogens (tertiary/aromatic N) is 6. The van der Waals surface area contributed by atoms with Crippen LogP contribution in [0.1, 0.15) is 37.0 Å².